The van der Waals surface area contributed by atoms with E-state index in [1.807, 2.05) is 6.92 Å². The maximum atomic E-state index is 13.3. The molecule has 1 amide bonds. The Hall–Kier alpha value is -2.44. The minimum atomic E-state index is -2.90. The molecule has 0 radical (unpaired) electrons. The van der Waals surface area contributed by atoms with Crippen molar-refractivity contribution in [2.45, 2.75) is 25.8 Å². The van der Waals surface area contributed by atoms with Crippen LogP contribution in [0, 0.1) is 0 Å². The predicted molar refractivity (Wildman–Crippen MR) is 79.0 cm³/mol. The molecule has 1 aliphatic rings. The quantitative estimate of drug-likeness (QED) is 0.928. The third-order valence-electron chi connectivity index (χ3n) is 3.82. The summed E-state index contributed by atoms with van der Waals surface area (Å²) in [5.74, 6) is -3.18. The van der Waals surface area contributed by atoms with Gasteiger partial charge < -0.3 is 10.6 Å². The Morgan fingerprint density at radius 3 is 2.55 bits per heavy atom. The number of benzene rings is 1. The number of carbonyl (C=O) groups excluding carboxylic acids is 1. The smallest absolute Gasteiger partial charge is 0.278 e. The maximum absolute atomic E-state index is 13.3. The van der Waals surface area contributed by atoms with Crippen molar-refractivity contribution in [2.24, 2.45) is 0 Å². The molecule has 1 aliphatic heterocycles. The summed E-state index contributed by atoms with van der Waals surface area (Å²) >= 11 is 0. The molecule has 2 aromatic rings. The minimum absolute atomic E-state index is 0.0442. The summed E-state index contributed by atoms with van der Waals surface area (Å²) in [6.45, 7) is 3.17. The molecule has 116 valence electrons. The number of halogens is 2. The van der Waals surface area contributed by atoms with E-state index in [1.165, 1.54) is 35.4 Å². The number of hydrogen-bond acceptors (Lipinski definition) is 3. The zero-order valence-corrected chi connectivity index (χ0v) is 12.3. The number of hydrogen-bond donors (Lipinski definition) is 1. The summed E-state index contributed by atoms with van der Waals surface area (Å²) in [4.78, 5) is 14.1. The third-order valence-corrected chi connectivity index (χ3v) is 3.82. The van der Waals surface area contributed by atoms with Crippen LogP contribution in [0.25, 0.3) is 0 Å². The fourth-order valence-electron chi connectivity index (χ4n) is 2.64. The van der Waals surface area contributed by atoms with Crippen LogP contribution in [0.4, 0.5) is 20.2 Å². The summed E-state index contributed by atoms with van der Waals surface area (Å²) < 4.78 is 28.1. The summed E-state index contributed by atoms with van der Waals surface area (Å²) in [5.41, 5.74) is 6.94. The van der Waals surface area contributed by atoms with Gasteiger partial charge in [-0.2, -0.15) is 5.10 Å². The third kappa shape index (κ3) is 2.22. The number of nitrogens with two attached hydrogens (primary N) is 1. The first-order chi connectivity index (χ1) is 10.3. The number of anilines is 2. The number of rotatable bonds is 2. The molecule has 0 spiro atoms. The summed E-state index contributed by atoms with van der Waals surface area (Å²) in [6, 6.07) is 5.68. The Morgan fingerprint density at radius 2 is 1.95 bits per heavy atom. The van der Waals surface area contributed by atoms with Gasteiger partial charge in [0, 0.05) is 24.7 Å². The second-order valence-corrected chi connectivity index (χ2v) is 5.59. The van der Waals surface area contributed by atoms with E-state index in [4.69, 9.17) is 5.73 Å². The van der Waals surface area contributed by atoms with E-state index in [-0.39, 0.29) is 17.5 Å². The lowest BCUT2D eigenvalue weighted by atomic mass is 10.1. The Labute approximate surface area is 126 Å². The number of nitrogens with zero attached hydrogens (tertiary/aromatic N) is 3. The van der Waals surface area contributed by atoms with E-state index < -0.39 is 5.92 Å². The minimum Gasteiger partial charge on any atom is -0.396 e. The molecule has 0 saturated heterocycles. The SMILES string of the molecule is C[C@H]1CN(c2ccc(C(C)(F)F)cc2)C(=O)c2c(N)cnn21. The van der Waals surface area contributed by atoms with Crippen molar-refractivity contribution in [3.8, 4) is 0 Å². The van der Waals surface area contributed by atoms with Crippen molar-refractivity contribution in [3.05, 3.63) is 41.7 Å². The van der Waals surface area contributed by atoms with E-state index in [1.54, 1.807) is 4.68 Å². The fourth-order valence-corrected chi connectivity index (χ4v) is 2.64. The summed E-state index contributed by atoms with van der Waals surface area (Å²) in [7, 11) is 0. The van der Waals surface area contributed by atoms with Gasteiger partial charge in [-0.3, -0.25) is 9.48 Å². The molecule has 0 unspecified atom stereocenters. The molecule has 0 fully saturated rings. The summed E-state index contributed by atoms with van der Waals surface area (Å²) in [5, 5.41) is 4.11. The average molecular weight is 306 g/mol. The van der Waals surface area contributed by atoms with Crippen LogP contribution in [0.2, 0.25) is 0 Å². The normalized spacial score (nSPS) is 18.5. The standard InChI is InChI=1S/C15H16F2N4O/c1-9-8-20(14(22)13-12(18)7-19-21(9)13)11-5-3-10(4-6-11)15(2,16)17/h3-7,9H,8,18H2,1-2H3/t9-/m0/s1. The van der Waals surface area contributed by atoms with Crippen LogP contribution < -0.4 is 10.6 Å². The molecule has 2 N–H and O–H groups in total. The Kier molecular flexibility index (Phi) is 3.16. The second kappa shape index (κ2) is 4.79. The van der Waals surface area contributed by atoms with Crippen molar-refractivity contribution in [3.63, 3.8) is 0 Å². The van der Waals surface area contributed by atoms with Crippen molar-refractivity contribution >= 4 is 17.3 Å². The molecule has 7 heteroatoms. The van der Waals surface area contributed by atoms with E-state index in [0.717, 1.165) is 6.92 Å². The van der Waals surface area contributed by atoms with Gasteiger partial charge in [0.15, 0.2) is 0 Å². The largest absolute Gasteiger partial charge is 0.396 e. The zero-order valence-electron chi connectivity index (χ0n) is 12.3. The van der Waals surface area contributed by atoms with Crippen LogP contribution in [0.3, 0.4) is 0 Å². The van der Waals surface area contributed by atoms with Crippen molar-refractivity contribution in [2.75, 3.05) is 17.2 Å². The first-order valence-electron chi connectivity index (χ1n) is 6.92. The predicted octanol–water partition coefficient (Wildman–Crippen LogP) is 2.80. The molecule has 0 bridgehead atoms. The van der Waals surface area contributed by atoms with Crippen molar-refractivity contribution in [1.29, 1.82) is 0 Å². The lowest BCUT2D eigenvalue weighted by Crippen LogP contribution is -2.42. The van der Waals surface area contributed by atoms with Gasteiger partial charge in [-0.25, -0.2) is 8.78 Å². The Balaban J connectivity index is 1.96. The molecular formula is C15H16F2N4O. The van der Waals surface area contributed by atoms with E-state index in [0.29, 0.717) is 23.6 Å². The van der Waals surface area contributed by atoms with E-state index in [2.05, 4.69) is 5.10 Å². The van der Waals surface area contributed by atoms with Gasteiger partial charge in [0.2, 0.25) is 0 Å². The van der Waals surface area contributed by atoms with Gasteiger partial charge in [-0.1, -0.05) is 12.1 Å². The maximum Gasteiger partial charge on any atom is 0.278 e. The highest BCUT2D eigenvalue weighted by molar-refractivity contribution is 6.08. The number of fused-ring (bicyclic) bond motifs is 1. The van der Waals surface area contributed by atoms with Gasteiger partial charge in [-0.05, 0) is 19.1 Å². The van der Waals surface area contributed by atoms with E-state index >= 15 is 0 Å². The van der Waals surface area contributed by atoms with Gasteiger partial charge in [-0.15, -0.1) is 0 Å². The van der Waals surface area contributed by atoms with Gasteiger partial charge in [0.1, 0.15) is 5.69 Å². The van der Waals surface area contributed by atoms with Gasteiger partial charge in [0.05, 0.1) is 17.9 Å². The van der Waals surface area contributed by atoms with Crippen LogP contribution in [-0.4, -0.2) is 22.2 Å². The number of amides is 1. The molecule has 22 heavy (non-hydrogen) atoms. The highest BCUT2D eigenvalue weighted by Gasteiger charge is 2.33. The number of nitrogen functional groups attached to an aromatic ring is 1. The van der Waals surface area contributed by atoms with Crippen LogP contribution in [0.15, 0.2) is 30.5 Å². The molecule has 1 atom stereocenters. The van der Waals surface area contributed by atoms with Gasteiger partial charge >= 0.3 is 0 Å². The number of carbonyl (C=O) groups is 1. The summed E-state index contributed by atoms with van der Waals surface area (Å²) in [6.07, 6.45) is 1.45. The second-order valence-electron chi connectivity index (χ2n) is 5.59. The highest BCUT2D eigenvalue weighted by atomic mass is 19.3. The number of alkyl halides is 2. The van der Waals surface area contributed by atoms with Crippen LogP contribution in [-0.2, 0) is 5.92 Å². The van der Waals surface area contributed by atoms with E-state index in [9.17, 15) is 13.6 Å². The van der Waals surface area contributed by atoms with Crippen LogP contribution in [0.5, 0.6) is 0 Å². The molecular weight excluding hydrogens is 290 g/mol. The van der Waals surface area contributed by atoms with Crippen LogP contribution in [0.1, 0.15) is 35.9 Å². The molecule has 1 aromatic heterocycles. The lowest BCUT2D eigenvalue weighted by molar-refractivity contribution is 0.0175. The first kappa shape index (κ1) is 14.5. The molecule has 5 nitrogen and oxygen atoms in total. The lowest BCUT2D eigenvalue weighted by Gasteiger charge is -2.32. The van der Waals surface area contributed by atoms with Crippen molar-refractivity contribution in [1.82, 2.24) is 9.78 Å². The average Bonchev–Trinajstić information content (AvgIpc) is 2.85. The monoisotopic (exact) mass is 306 g/mol. The molecule has 2 heterocycles. The molecule has 0 saturated carbocycles. The molecule has 3 rings (SSSR count). The van der Waals surface area contributed by atoms with Crippen molar-refractivity contribution < 1.29 is 13.6 Å². The highest BCUT2D eigenvalue weighted by Crippen LogP contribution is 2.31. The number of aromatic nitrogens is 2. The zero-order chi connectivity index (χ0) is 16.1. The van der Waals surface area contributed by atoms with Gasteiger partial charge in [0.25, 0.3) is 11.8 Å². The fraction of sp³-hybridized carbons (Fsp3) is 0.333. The van der Waals surface area contributed by atoms with Crippen LogP contribution >= 0.6 is 0 Å². The molecule has 1 aromatic carbocycles. The Bertz CT molecular complexity index is 718. The first-order valence-corrected chi connectivity index (χ1v) is 6.92. The Morgan fingerprint density at radius 1 is 1.32 bits per heavy atom. The molecule has 0 aliphatic carbocycles. The topological polar surface area (TPSA) is 64.2 Å².